The molecule has 1 aromatic rings. The van der Waals surface area contributed by atoms with E-state index in [1.807, 2.05) is 13.8 Å². The Bertz CT molecular complexity index is 432. The molecule has 1 aromatic carbocycles. The zero-order valence-corrected chi connectivity index (χ0v) is 10.5. The number of rotatable bonds is 6. The maximum absolute atomic E-state index is 11.3. The van der Waals surface area contributed by atoms with Gasteiger partial charge in [-0.3, -0.25) is 14.9 Å². The summed E-state index contributed by atoms with van der Waals surface area (Å²) >= 11 is 0. The number of hydrogen-bond donors (Lipinski definition) is 2. The van der Waals surface area contributed by atoms with Gasteiger partial charge in [0.1, 0.15) is 5.69 Å². The quantitative estimate of drug-likeness (QED) is 0.458. The van der Waals surface area contributed by atoms with E-state index in [0.29, 0.717) is 18.8 Å². The van der Waals surface area contributed by atoms with Gasteiger partial charge in [0.2, 0.25) is 5.91 Å². The SMILES string of the molecule is CC(C)C(=O)NCCNc1ccccc1[N+](=O)[O-]. The molecule has 0 aliphatic carbocycles. The molecule has 0 saturated carbocycles. The molecule has 0 spiro atoms. The number of nitro benzene ring substituents is 1. The summed E-state index contributed by atoms with van der Waals surface area (Å²) in [6.45, 7) is 4.50. The Kier molecular flexibility index (Phi) is 5.10. The minimum absolute atomic E-state index is 0.0284. The van der Waals surface area contributed by atoms with E-state index in [1.165, 1.54) is 6.07 Å². The van der Waals surface area contributed by atoms with Crippen molar-refractivity contribution >= 4 is 17.3 Å². The highest BCUT2D eigenvalue weighted by Gasteiger charge is 2.11. The van der Waals surface area contributed by atoms with Crippen molar-refractivity contribution in [2.75, 3.05) is 18.4 Å². The van der Waals surface area contributed by atoms with Crippen LogP contribution in [0.5, 0.6) is 0 Å². The second-order valence-electron chi connectivity index (χ2n) is 4.15. The summed E-state index contributed by atoms with van der Waals surface area (Å²) in [4.78, 5) is 21.6. The maximum atomic E-state index is 11.3. The van der Waals surface area contributed by atoms with Gasteiger partial charge in [-0.2, -0.15) is 0 Å². The van der Waals surface area contributed by atoms with E-state index in [2.05, 4.69) is 10.6 Å². The Morgan fingerprint density at radius 2 is 2.00 bits per heavy atom. The molecule has 0 unspecified atom stereocenters. The second-order valence-corrected chi connectivity index (χ2v) is 4.15. The molecule has 1 amide bonds. The minimum Gasteiger partial charge on any atom is -0.378 e. The maximum Gasteiger partial charge on any atom is 0.292 e. The summed E-state index contributed by atoms with van der Waals surface area (Å²) in [7, 11) is 0. The summed E-state index contributed by atoms with van der Waals surface area (Å²) in [5, 5.41) is 16.4. The van der Waals surface area contributed by atoms with Crippen LogP contribution in [0, 0.1) is 16.0 Å². The molecule has 6 nitrogen and oxygen atoms in total. The minimum atomic E-state index is -0.435. The summed E-state index contributed by atoms with van der Waals surface area (Å²) in [6.07, 6.45) is 0. The average Bonchev–Trinajstić information content (AvgIpc) is 2.34. The van der Waals surface area contributed by atoms with Gasteiger partial charge in [0, 0.05) is 25.1 Å². The molecule has 0 aliphatic heterocycles. The van der Waals surface area contributed by atoms with Crippen molar-refractivity contribution in [1.29, 1.82) is 0 Å². The number of carbonyl (C=O) groups is 1. The standard InChI is InChI=1S/C12H17N3O3/c1-9(2)12(16)14-8-7-13-10-5-3-4-6-11(10)15(17)18/h3-6,9,13H,7-8H2,1-2H3,(H,14,16). The molecule has 6 heteroatoms. The van der Waals surface area contributed by atoms with Crippen LogP contribution in [0.1, 0.15) is 13.8 Å². The number of benzene rings is 1. The molecule has 0 radical (unpaired) electrons. The van der Waals surface area contributed by atoms with Crippen molar-refractivity contribution in [3.63, 3.8) is 0 Å². The van der Waals surface area contributed by atoms with Crippen LogP contribution in [-0.2, 0) is 4.79 Å². The lowest BCUT2D eigenvalue weighted by Crippen LogP contribution is -2.31. The van der Waals surface area contributed by atoms with Crippen molar-refractivity contribution in [2.24, 2.45) is 5.92 Å². The van der Waals surface area contributed by atoms with Crippen molar-refractivity contribution in [1.82, 2.24) is 5.32 Å². The third-order valence-electron chi connectivity index (χ3n) is 2.36. The molecule has 0 atom stereocenters. The summed E-state index contributed by atoms with van der Waals surface area (Å²) in [6, 6.07) is 6.42. The van der Waals surface area contributed by atoms with Crippen molar-refractivity contribution in [3.05, 3.63) is 34.4 Å². The van der Waals surface area contributed by atoms with Crippen LogP contribution in [-0.4, -0.2) is 23.9 Å². The molecule has 98 valence electrons. The Morgan fingerprint density at radius 3 is 2.61 bits per heavy atom. The number of carbonyl (C=O) groups excluding carboxylic acids is 1. The largest absolute Gasteiger partial charge is 0.378 e. The van der Waals surface area contributed by atoms with Crippen molar-refractivity contribution in [3.8, 4) is 0 Å². The van der Waals surface area contributed by atoms with Crippen LogP contribution in [0.15, 0.2) is 24.3 Å². The first kappa shape index (κ1) is 14.0. The molecule has 18 heavy (non-hydrogen) atoms. The zero-order chi connectivity index (χ0) is 13.5. The topological polar surface area (TPSA) is 84.3 Å². The van der Waals surface area contributed by atoms with Crippen LogP contribution in [0.2, 0.25) is 0 Å². The van der Waals surface area contributed by atoms with Gasteiger partial charge in [-0.25, -0.2) is 0 Å². The highest BCUT2D eigenvalue weighted by molar-refractivity contribution is 5.77. The lowest BCUT2D eigenvalue weighted by Gasteiger charge is -2.09. The highest BCUT2D eigenvalue weighted by atomic mass is 16.6. The zero-order valence-electron chi connectivity index (χ0n) is 10.5. The van der Waals surface area contributed by atoms with E-state index in [-0.39, 0.29) is 17.5 Å². The first-order valence-corrected chi connectivity index (χ1v) is 5.77. The van der Waals surface area contributed by atoms with E-state index in [4.69, 9.17) is 0 Å². The molecule has 0 aliphatic rings. The number of nitro groups is 1. The molecule has 2 N–H and O–H groups in total. The third-order valence-corrected chi connectivity index (χ3v) is 2.36. The fourth-order valence-electron chi connectivity index (χ4n) is 1.37. The highest BCUT2D eigenvalue weighted by Crippen LogP contribution is 2.22. The lowest BCUT2D eigenvalue weighted by atomic mass is 10.2. The van der Waals surface area contributed by atoms with Gasteiger partial charge in [-0.05, 0) is 6.07 Å². The summed E-state index contributed by atoms with van der Waals surface area (Å²) in [5.41, 5.74) is 0.494. The Morgan fingerprint density at radius 1 is 1.33 bits per heavy atom. The molecular weight excluding hydrogens is 234 g/mol. The molecule has 0 aromatic heterocycles. The predicted molar refractivity (Wildman–Crippen MR) is 69.4 cm³/mol. The van der Waals surface area contributed by atoms with Gasteiger partial charge in [-0.1, -0.05) is 26.0 Å². The second kappa shape index (κ2) is 6.58. The fourth-order valence-corrected chi connectivity index (χ4v) is 1.37. The number of amides is 1. The van der Waals surface area contributed by atoms with Gasteiger partial charge in [0.25, 0.3) is 5.69 Å². The van der Waals surface area contributed by atoms with Crippen molar-refractivity contribution < 1.29 is 9.72 Å². The van der Waals surface area contributed by atoms with E-state index in [0.717, 1.165) is 0 Å². The normalized spacial score (nSPS) is 10.2. The first-order chi connectivity index (χ1) is 8.52. The molecule has 0 saturated heterocycles. The number of nitrogens with zero attached hydrogens (tertiary/aromatic N) is 1. The smallest absolute Gasteiger partial charge is 0.292 e. The van der Waals surface area contributed by atoms with Gasteiger partial charge >= 0.3 is 0 Å². The van der Waals surface area contributed by atoms with Crippen LogP contribution in [0.25, 0.3) is 0 Å². The fraction of sp³-hybridized carbons (Fsp3) is 0.417. The summed E-state index contributed by atoms with van der Waals surface area (Å²) in [5.74, 6) is -0.0876. The van der Waals surface area contributed by atoms with Crippen molar-refractivity contribution in [2.45, 2.75) is 13.8 Å². The van der Waals surface area contributed by atoms with Crippen LogP contribution >= 0.6 is 0 Å². The van der Waals surface area contributed by atoms with Crippen LogP contribution in [0.3, 0.4) is 0 Å². The molecule has 0 bridgehead atoms. The Balaban J connectivity index is 2.45. The van der Waals surface area contributed by atoms with E-state index < -0.39 is 4.92 Å². The van der Waals surface area contributed by atoms with E-state index >= 15 is 0 Å². The van der Waals surface area contributed by atoms with Crippen LogP contribution < -0.4 is 10.6 Å². The lowest BCUT2D eigenvalue weighted by molar-refractivity contribution is -0.384. The molecule has 0 fully saturated rings. The molecular formula is C12H17N3O3. The number of hydrogen-bond acceptors (Lipinski definition) is 4. The van der Waals surface area contributed by atoms with Gasteiger partial charge in [0.05, 0.1) is 4.92 Å². The monoisotopic (exact) mass is 251 g/mol. The molecule has 0 heterocycles. The first-order valence-electron chi connectivity index (χ1n) is 5.77. The van der Waals surface area contributed by atoms with Crippen LogP contribution in [0.4, 0.5) is 11.4 Å². The summed E-state index contributed by atoms with van der Waals surface area (Å²) < 4.78 is 0. The molecule has 1 rings (SSSR count). The predicted octanol–water partition coefficient (Wildman–Crippen LogP) is 1.78. The van der Waals surface area contributed by atoms with Gasteiger partial charge < -0.3 is 10.6 Å². The number of para-hydroxylation sites is 2. The Hall–Kier alpha value is -2.11. The average molecular weight is 251 g/mol. The number of nitrogens with one attached hydrogen (secondary N) is 2. The van der Waals surface area contributed by atoms with Gasteiger partial charge in [0.15, 0.2) is 0 Å². The number of anilines is 1. The van der Waals surface area contributed by atoms with E-state index in [1.54, 1.807) is 18.2 Å². The van der Waals surface area contributed by atoms with Gasteiger partial charge in [-0.15, -0.1) is 0 Å². The third kappa shape index (κ3) is 4.04. The Labute approximate surface area is 106 Å². The van der Waals surface area contributed by atoms with E-state index in [9.17, 15) is 14.9 Å².